The van der Waals surface area contributed by atoms with E-state index in [0.29, 0.717) is 18.5 Å². The number of carbonyl (C=O) groups is 1. The van der Waals surface area contributed by atoms with Gasteiger partial charge in [0, 0.05) is 25.7 Å². The monoisotopic (exact) mass is 225 g/mol. The molecule has 1 amide bonds. The Labute approximate surface area is 97.6 Å². The minimum atomic E-state index is -0.220. The smallest absolute Gasteiger partial charge is 0.230 e. The molecule has 1 aliphatic carbocycles. The Hall–Kier alpha value is -0.610. The maximum Gasteiger partial charge on any atom is 0.230 e. The third kappa shape index (κ3) is 1.96. The van der Waals surface area contributed by atoms with Crippen molar-refractivity contribution in [3.63, 3.8) is 0 Å². The Bertz CT molecular complexity index is 261. The zero-order valence-electron chi connectivity index (χ0n) is 10.2. The lowest BCUT2D eigenvalue weighted by molar-refractivity contribution is -0.140. The SMILES string of the molecule is CN[C@H]1CCN(C(=O)C2(CN)CCCC2)C1. The van der Waals surface area contributed by atoms with Crippen LogP contribution in [0.4, 0.5) is 0 Å². The lowest BCUT2D eigenvalue weighted by atomic mass is 9.85. The molecular weight excluding hydrogens is 202 g/mol. The summed E-state index contributed by atoms with van der Waals surface area (Å²) in [6, 6.07) is 0.472. The zero-order valence-corrected chi connectivity index (χ0v) is 10.2. The van der Waals surface area contributed by atoms with Crippen LogP contribution in [0.25, 0.3) is 0 Å². The normalized spacial score (nSPS) is 28.6. The number of likely N-dealkylation sites (tertiary alicyclic amines) is 1. The van der Waals surface area contributed by atoms with Gasteiger partial charge in [0.1, 0.15) is 0 Å². The van der Waals surface area contributed by atoms with E-state index in [9.17, 15) is 4.79 Å². The van der Waals surface area contributed by atoms with Crippen LogP contribution in [-0.2, 0) is 4.79 Å². The number of carbonyl (C=O) groups excluding carboxylic acids is 1. The summed E-state index contributed by atoms with van der Waals surface area (Å²) < 4.78 is 0. The van der Waals surface area contributed by atoms with Crippen molar-refractivity contribution in [2.24, 2.45) is 11.1 Å². The van der Waals surface area contributed by atoms with Crippen LogP contribution < -0.4 is 11.1 Å². The highest BCUT2D eigenvalue weighted by molar-refractivity contribution is 5.83. The molecule has 2 rings (SSSR count). The average Bonchev–Trinajstić information content (AvgIpc) is 2.98. The maximum atomic E-state index is 12.5. The van der Waals surface area contributed by atoms with Crippen molar-refractivity contribution in [3.8, 4) is 0 Å². The molecule has 4 heteroatoms. The molecule has 92 valence electrons. The van der Waals surface area contributed by atoms with Crippen molar-refractivity contribution in [3.05, 3.63) is 0 Å². The van der Waals surface area contributed by atoms with Gasteiger partial charge in [0.05, 0.1) is 5.41 Å². The molecule has 1 aliphatic heterocycles. The lowest BCUT2D eigenvalue weighted by Crippen LogP contribution is -2.46. The highest BCUT2D eigenvalue weighted by Crippen LogP contribution is 2.39. The van der Waals surface area contributed by atoms with Crippen LogP contribution in [0.15, 0.2) is 0 Å². The van der Waals surface area contributed by atoms with E-state index in [1.54, 1.807) is 0 Å². The van der Waals surface area contributed by atoms with Gasteiger partial charge in [-0.3, -0.25) is 4.79 Å². The zero-order chi connectivity index (χ0) is 11.6. The van der Waals surface area contributed by atoms with Gasteiger partial charge in [-0.15, -0.1) is 0 Å². The summed E-state index contributed by atoms with van der Waals surface area (Å²) in [6.07, 6.45) is 5.37. The summed E-state index contributed by atoms with van der Waals surface area (Å²) >= 11 is 0. The van der Waals surface area contributed by atoms with Gasteiger partial charge >= 0.3 is 0 Å². The second-order valence-corrected chi connectivity index (χ2v) is 5.22. The number of likely N-dealkylation sites (N-methyl/N-ethyl adjacent to an activating group) is 1. The largest absolute Gasteiger partial charge is 0.341 e. The van der Waals surface area contributed by atoms with Crippen LogP contribution in [0.2, 0.25) is 0 Å². The Morgan fingerprint density at radius 1 is 1.50 bits per heavy atom. The van der Waals surface area contributed by atoms with Gasteiger partial charge in [0.15, 0.2) is 0 Å². The van der Waals surface area contributed by atoms with Crippen LogP contribution in [-0.4, -0.2) is 43.5 Å². The molecule has 0 aromatic heterocycles. The van der Waals surface area contributed by atoms with Gasteiger partial charge in [-0.05, 0) is 26.3 Å². The first-order valence-corrected chi connectivity index (χ1v) is 6.38. The molecule has 0 unspecified atom stereocenters. The fourth-order valence-corrected chi connectivity index (χ4v) is 3.07. The first-order valence-electron chi connectivity index (χ1n) is 6.38. The van der Waals surface area contributed by atoms with Gasteiger partial charge in [-0.25, -0.2) is 0 Å². The van der Waals surface area contributed by atoms with E-state index in [1.807, 2.05) is 11.9 Å². The minimum Gasteiger partial charge on any atom is -0.341 e. The lowest BCUT2D eigenvalue weighted by Gasteiger charge is -2.31. The quantitative estimate of drug-likeness (QED) is 0.727. The van der Waals surface area contributed by atoms with E-state index in [2.05, 4.69) is 5.32 Å². The van der Waals surface area contributed by atoms with Crippen LogP contribution in [0.5, 0.6) is 0 Å². The fourth-order valence-electron chi connectivity index (χ4n) is 3.07. The Balaban J connectivity index is 2.01. The van der Waals surface area contributed by atoms with E-state index >= 15 is 0 Å². The molecule has 16 heavy (non-hydrogen) atoms. The minimum absolute atomic E-state index is 0.220. The maximum absolute atomic E-state index is 12.5. The number of rotatable bonds is 3. The predicted molar refractivity (Wildman–Crippen MR) is 64.0 cm³/mol. The second kappa shape index (κ2) is 4.72. The van der Waals surface area contributed by atoms with Gasteiger partial charge in [0.25, 0.3) is 0 Å². The molecule has 0 bridgehead atoms. The van der Waals surface area contributed by atoms with Crippen molar-refractivity contribution in [2.45, 2.75) is 38.1 Å². The molecule has 2 aliphatic rings. The fraction of sp³-hybridized carbons (Fsp3) is 0.917. The summed E-state index contributed by atoms with van der Waals surface area (Å²) in [4.78, 5) is 14.5. The van der Waals surface area contributed by atoms with Crippen LogP contribution in [0.1, 0.15) is 32.1 Å². The molecule has 3 N–H and O–H groups in total. The molecule has 0 spiro atoms. The van der Waals surface area contributed by atoms with E-state index < -0.39 is 0 Å². The van der Waals surface area contributed by atoms with E-state index in [4.69, 9.17) is 5.73 Å². The molecule has 1 heterocycles. The molecular formula is C12H23N3O. The summed E-state index contributed by atoms with van der Waals surface area (Å²) in [5, 5.41) is 3.24. The highest BCUT2D eigenvalue weighted by atomic mass is 16.2. The molecule has 0 aromatic carbocycles. The molecule has 2 fully saturated rings. The van der Waals surface area contributed by atoms with E-state index in [1.165, 1.54) is 0 Å². The Morgan fingerprint density at radius 2 is 2.19 bits per heavy atom. The number of amides is 1. The Kier molecular flexibility index (Phi) is 3.50. The number of nitrogens with one attached hydrogen (secondary N) is 1. The van der Waals surface area contributed by atoms with Crippen molar-refractivity contribution in [1.29, 1.82) is 0 Å². The highest BCUT2D eigenvalue weighted by Gasteiger charge is 2.43. The van der Waals surface area contributed by atoms with Gasteiger partial charge in [-0.1, -0.05) is 12.8 Å². The number of hydrogen-bond acceptors (Lipinski definition) is 3. The van der Waals surface area contributed by atoms with E-state index in [-0.39, 0.29) is 5.41 Å². The number of nitrogens with two attached hydrogens (primary N) is 1. The van der Waals surface area contributed by atoms with Crippen LogP contribution in [0.3, 0.4) is 0 Å². The molecule has 1 saturated heterocycles. The molecule has 0 radical (unpaired) electrons. The molecule has 1 saturated carbocycles. The van der Waals surface area contributed by atoms with Gasteiger partial charge in [-0.2, -0.15) is 0 Å². The Morgan fingerprint density at radius 3 is 2.69 bits per heavy atom. The first-order chi connectivity index (χ1) is 7.72. The number of nitrogens with zero attached hydrogens (tertiary/aromatic N) is 1. The van der Waals surface area contributed by atoms with Crippen LogP contribution >= 0.6 is 0 Å². The predicted octanol–water partition coefficient (Wildman–Crippen LogP) is 0.326. The first kappa shape index (κ1) is 11.9. The summed E-state index contributed by atoms with van der Waals surface area (Å²) in [6.45, 7) is 2.27. The standard InChI is InChI=1S/C12H23N3O/c1-14-10-4-7-15(8-10)11(16)12(9-13)5-2-3-6-12/h10,14H,2-9,13H2,1H3/t10-/m0/s1. The molecule has 0 aromatic rings. The summed E-state index contributed by atoms with van der Waals surface area (Å²) in [5.74, 6) is 0.310. The van der Waals surface area contributed by atoms with Crippen molar-refractivity contribution in [1.82, 2.24) is 10.2 Å². The average molecular weight is 225 g/mol. The third-order valence-corrected chi connectivity index (χ3v) is 4.29. The molecule has 1 atom stereocenters. The van der Waals surface area contributed by atoms with Crippen molar-refractivity contribution in [2.75, 3.05) is 26.7 Å². The van der Waals surface area contributed by atoms with Crippen LogP contribution in [0, 0.1) is 5.41 Å². The van der Waals surface area contributed by atoms with E-state index in [0.717, 1.165) is 45.2 Å². The molecule has 4 nitrogen and oxygen atoms in total. The second-order valence-electron chi connectivity index (χ2n) is 5.22. The van der Waals surface area contributed by atoms with Gasteiger partial charge < -0.3 is 16.0 Å². The number of hydrogen-bond donors (Lipinski definition) is 2. The van der Waals surface area contributed by atoms with Gasteiger partial charge in [0.2, 0.25) is 5.91 Å². The van der Waals surface area contributed by atoms with Crippen molar-refractivity contribution < 1.29 is 4.79 Å². The summed E-state index contributed by atoms with van der Waals surface area (Å²) in [5.41, 5.74) is 5.62. The topological polar surface area (TPSA) is 58.4 Å². The third-order valence-electron chi connectivity index (χ3n) is 4.29. The summed E-state index contributed by atoms with van der Waals surface area (Å²) in [7, 11) is 1.97. The van der Waals surface area contributed by atoms with Crippen molar-refractivity contribution >= 4 is 5.91 Å².